The van der Waals surface area contributed by atoms with Crippen LogP contribution in [0.2, 0.25) is 0 Å². The van der Waals surface area contributed by atoms with Gasteiger partial charge in [-0.2, -0.15) is 5.10 Å². The Balaban J connectivity index is 1.51. The first kappa shape index (κ1) is 18.3. The standard InChI is InChI=1S/C20H24FN5S/c1-3-26-6-4-16(5-7-26)23-11-14-10-18(27-20(14)22)13-8-15-12-25(2)24-19(15)17(21)9-13/h8-12,16,22-23H,3-7H2,1-2H3/b14-11-,22-20?. The lowest BCUT2D eigenvalue weighted by Crippen LogP contribution is -2.40. The van der Waals surface area contributed by atoms with Crippen molar-refractivity contribution >= 4 is 32.6 Å². The topological polar surface area (TPSA) is 56.9 Å². The average Bonchev–Trinajstić information content (AvgIpc) is 3.22. The van der Waals surface area contributed by atoms with E-state index in [1.165, 1.54) is 17.8 Å². The molecule has 2 aromatic rings. The van der Waals surface area contributed by atoms with Crippen LogP contribution in [0.1, 0.15) is 25.3 Å². The number of thioether (sulfide) groups is 1. The molecule has 0 spiro atoms. The zero-order valence-electron chi connectivity index (χ0n) is 15.6. The van der Waals surface area contributed by atoms with E-state index in [1.54, 1.807) is 11.7 Å². The number of hydrogen-bond donors (Lipinski definition) is 2. The number of allylic oxidation sites excluding steroid dienone is 1. The van der Waals surface area contributed by atoms with Crippen molar-refractivity contribution in [3.05, 3.63) is 47.6 Å². The molecule has 2 aliphatic heterocycles. The highest BCUT2D eigenvalue weighted by molar-refractivity contribution is 8.22. The first-order valence-electron chi connectivity index (χ1n) is 9.34. The lowest BCUT2D eigenvalue weighted by atomic mass is 10.1. The van der Waals surface area contributed by atoms with Gasteiger partial charge in [0.1, 0.15) is 10.6 Å². The third-order valence-corrected chi connectivity index (χ3v) is 6.24. The Kier molecular flexibility index (Phi) is 5.06. The third kappa shape index (κ3) is 3.80. The smallest absolute Gasteiger partial charge is 0.151 e. The lowest BCUT2D eigenvalue weighted by Gasteiger charge is -2.31. The van der Waals surface area contributed by atoms with Gasteiger partial charge in [0.15, 0.2) is 5.82 Å². The summed E-state index contributed by atoms with van der Waals surface area (Å²) in [6, 6.07) is 3.91. The number of likely N-dealkylation sites (tertiary alicyclic amines) is 1. The summed E-state index contributed by atoms with van der Waals surface area (Å²) >= 11 is 1.38. The molecular formula is C20H24FN5S. The van der Waals surface area contributed by atoms with E-state index in [9.17, 15) is 4.39 Å². The van der Waals surface area contributed by atoms with Crippen LogP contribution in [0, 0.1) is 11.2 Å². The highest BCUT2D eigenvalue weighted by atomic mass is 32.2. The minimum atomic E-state index is -0.325. The molecule has 27 heavy (non-hydrogen) atoms. The summed E-state index contributed by atoms with van der Waals surface area (Å²) < 4.78 is 16.0. The van der Waals surface area contributed by atoms with Gasteiger partial charge in [0.05, 0.1) is 0 Å². The summed E-state index contributed by atoms with van der Waals surface area (Å²) in [5.41, 5.74) is 2.04. The quantitative estimate of drug-likeness (QED) is 0.842. The number of nitrogens with one attached hydrogen (secondary N) is 2. The van der Waals surface area contributed by atoms with Crippen LogP contribution < -0.4 is 5.32 Å². The van der Waals surface area contributed by atoms with Gasteiger partial charge < -0.3 is 10.2 Å². The number of fused-ring (bicyclic) bond motifs is 1. The van der Waals surface area contributed by atoms with Gasteiger partial charge in [-0.25, -0.2) is 4.39 Å². The van der Waals surface area contributed by atoms with Crippen molar-refractivity contribution in [2.75, 3.05) is 19.6 Å². The van der Waals surface area contributed by atoms with Crippen molar-refractivity contribution in [1.82, 2.24) is 20.0 Å². The molecular weight excluding hydrogens is 361 g/mol. The Morgan fingerprint density at radius 2 is 2.15 bits per heavy atom. The van der Waals surface area contributed by atoms with Gasteiger partial charge in [-0.05, 0) is 43.2 Å². The number of aryl methyl sites for hydroxylation is 1. The normalized spacial score (nSPS) is 20.6. The van der Waals surface area contributed by atoms with Crippen molar-refractivity contribution in [3.8, 4) is 0 Å². The van der Waals surface area contributed by atoms with E-state index in [0.29, 0.717) is 16.6 Å². The summed E-state index contributed by atoms with van der Waals surface area (Å²) in [6.07, 6.45) is 7.98. The van der Waals surface area contributed by atoms with Crippen LogP contribution in [-0.2, 0) is 7.05 Å². The predicted molar refractivity (Wildman–Crippen MR) is 110 cm³/mol. The maximum atomic E-state index is 14.4. The molecule has 3 heterocycles. The number of rotatable bonds is 4. The molecule has 142 valence electrons. The molecule has 0 aliphatic carbocycles. The largest absolute Gasteiger partial charge is 0.388 e. The van der Waals surface area contributed by atoms with Gasteiger partial charge >= 0.3 is 0 Å². The van der Waals surface area contributed by atoms with E-state index in [-0.39, 0.29) is 5.82 Å². The van der Waals surface area contributed by atoms with Crippen LogP contribution in [0.4, 0.5) is 4.39 Å². The van der Waals surface area contributed by atoms with Gasteiger partial charge in [-0.15, -0.1) is 0 Å². The Bertz CT molecular complexity index is 937. The van der Waals surface area contributed by atoms with Gasteiger partial charge in [-0.1, -0.05) is 18.7 Å². The molecule has 1 aromatic carbocycles. The minimum Gasteiger partial charge on any atom is -0.388 e. The van der Waals surface area contributed by atoms with E-state index in [2.05, 4.69) is 22.2 Å². The third-order valence-electron chi connectivity index (χ3n) is 5.23. The fourth-order valence-corrected chi connectivity index (χ4v) is 4.51. The Morgan fingerprint density at radius 3 is 2.89 bits per heavy atom. The molecule has 1 aromatic heterocycles. The molecule has 7 heteroatoms. The molecule has 0 amide bonds. The fraction of sp³-hybridized carbons (Fsp3) is 0.400. The van der Waals surface area contributed by atoms with Crippen LogP contribution >= 0.6 is 11.8 Å². The molecule has 0 atom stereocenters. The number of piperidine rings is 1. The van der Waals surface area contributed by atoms with Crippen molar-refractivity contribution in [3.63, 3.8) is 0 Å². The molecule has 2 N–H and O–H groups in total. The number of hydrogen-bond acceptors (Lipinski definition) is 5. The van der Waals surface area contributed by atoms with Crippen molar-refractivity contribution in [1.29, 1.82) is 5.41 Å². The van der Waals surface area contributed by atoms with E-state index in [4.69, 9.17) is 5.41 Å². The number of nitrogens with zero attached hydrogens (tertiary/aromatic N) is 3. The molecule has 5 nitrogen and oxygen atoms in total. The molecule has 1 fully saturated rings. The van der Waals surface area contributed by atoms with Gasteiger partial charge in [0, 0.05) is 54.4 Å². The van der Waals surface area contributed by atoms with Crippen molar-refractivity contribution in [2.24, 2.45) is 7.05 Å². The Hall–Kier alpha value is -2.12. The molecule has 0 unspecified atom stereocenters. The highest BCUT2D eigenvalue weighted by Gasteiger charge is 2.21. The second kappa shape index (κ2) is 7.48. The zero-order valence-corrected chi connectivity index (χ0v) is 16.4. The Labute approximate surface area is 162 Å². The number of halogens is 1. The number of benzene rings is 1. The van der Waals surface area contributed by atoms with Crippen LogP contribution in [0.3, 0.4) is 0 Å². The van der Waals surface area contributed by atoms with E-state index in [1.807, 2.05) is 24.5 Å². The van der Waals surface area contributed by atoms with E-state index >= 15 is 0 Å². The molecule has 0 radical (unpaired) electrons. The van der Waals surface area contributed by atoms with Crippen LogP contribution in [-0.4, -0.2) is 45.4 Å². The fourth-order valence-electron chi connectivity index (χ4n) is 3.63. The van der Waals surface area contributed by atoms with E-state index < -0.39 is 0 Å². The predicted octanol–water partition coefficient (Wildman–Crippen LogP) is 3.74. The second-order valence-corrected chi connectivity index (χ2v) is 8.17. The molecule has 4 rings (SSSR count). The summed E-state index contributed by atoms with van der Waals surface area (Å²) in [6.45, 7) is 5.55. The SMILES string of the molecule is CCN1CCC(N/C=C2/C=C(c3cc(F)c4nn(C)cc4c3)SC2=N)CC1. The summed E-state index contributed by atoms with van der Waals surface area (Å²) in [4.78, 5) is 3.36. The minimum absolute atomic E-state index is 0.325. The molecule has 0 bridgehead atoms. The summed E-state index contributed by atoms with van der Waals surface area (Å²) in [5.74, 6) is -0.325. The monoisotopic (exact) mass is 385 g/mol. The van der Waals surface area contributed by atoms with Gasteiger partial charge in [0.25, 0.3) is 0 Å². The molecule has 1 saturated heterocycles. The summed E-state index contributed by atoms with van der Waals surface area (Å²) in [7, 11) is 1.79. The van der Waals surface area contributed by atoms with Gasteiger partial charge in [-0.3, -0.25) is 10.1 Å². The maximum absolute atomic E-state index is 14.4. The summed E-state index contributed by atoms with van der Waals surface area (Å²) in [5, 5.41) is 17.2. The first-order chi connectivity index (χ1) is 13.0. The maximum Gasteiger partial charge on any atom is 0.151 e. The Morgan fingerprint density at radius 1 is 1.37 bits per heavy atom. The highest BCUT2D eigenvalue weighted by Crippen LogP contribution is 2.39. The van der Waals surface area contributed by atoms with E-state index in [0.717, 1.165) is 53.9 Å². The average molecular weight is 386 g/mol. The molecule has 2 aliphatic rings. The van der Waals surface area contributed by atoms with Crippen LogP contribution in [0.15, 0.2) is 36.2 Å². The lowest BCUT2D eigenvalue weighted by molar-refractivity contribution is 0.213. The number of aromatic nitrogens is 2. The van der Waals surface area contributed by atoms with Crippen LogP contribution in [0.5, 0.6) is 0 Å². The van der Waals surface area contributed by atoms with Crippen molar-refractivity contribution < 1.29 is 4.39 Å². The second-order valence-electron chi connectivity index (χ2n) is 7.11. The zero-order chi connectivity index (χ0) is 19.0. The van der Waals surface area contributed by atoms with Crippen molar-refractivity contribution in [2.45, 2.75) is 25.8 Å². The first-order valence-corrected chi connectivity index (χ1v) is 10.2. The van der Waals surface area contributed by atoms with Crippen LogP contribution in [0.25, 0.3) is 15.8 Å². The molecule has 0 saturated carbocycles. The van der Waals surface area contributed by atoms with Gasteiger partial charge in [0.2, 0.25) is 0 Å².